The highest BCUT2D eigenvalue weighted by atomic mass is 16.5. The van der Waals surface area contributed by atoms with Crippen LogP contribution in [0.15, 0.2) is 18.2 Å². The van der Waals surface area contributed by atoms with Gasteiger partial charge in [-0.2, -0.15) is 0 Å². The molecule has 0 aromatic heterocycles. The molecular weight excluding hydrogens is 212 g/mol. The number of likely N-dealkylation sites (N-methyl/N-ethyl adjacent to an activating group) is 1. The quantitative estimate of drug-likeness (QED) is 0.817. The zero-order valence-corrected chi connectivity index (χ0v) is 11.4. The Bertz CT molecular complexity index is 350. The van der Waals surface area contributed by atoms with Crippen molar-refractivity contribution < 1.29 is 4.74 Å². The molecule has 0 aliphatic rings. The number of hydrogen-bond acceptors (Lipinski definition) is 3. The summed E-state index contributed by atoms with van der Waals surface area (Å²) in [5.41, 5.74) is 8.67. The summed E-state index contributed by atoms with van der Waals surface area (Å²) in [6.07, 6.45) is 1.90. The highest BCUT2D eigenvalue weighted by Gasteiger charge is 2.10. The topological polar surface area (TPSA) is 38.5 Å². The van der Waals surface area contributed by atoms with Gasteiger partial charge in [0.25, 0.3) is 0 Å². The minimum atomic E-state index is 0.144. The number of hydrogen-bond donors (Lipinski definition) is 1. The van der Waals surface area contributed by atoms with Crippen molar-refractivity contribution in [3.63, 3.8) is 0 Å². The molecule has 1 aromatic carbocycles. The van der Waals surface area contributed by atoms with E-state index in [0.29, 0.717) is 0 Å². The fourth-order valence-electron chi connectivity index (χ4n) is 2.03. The maximum Gasteiger partial charge on any atom is 0.122 e. The lowest BCUT2D eigenvalue weighted by atomic mass is 10.0. The molecule has 2 N–H and O–H groups in total. The molecule has 96 valence electrons. The first-order chi connectivity index (χ1) is 8.06. The summed E-state index contributed by atoms with van der Waals surface area (Å²) in [5, 5.41) is 0. The summed E-state index contributed by atoms with van der Waals surface area (Å²) in [6, 6.07) is 6.50. The van der Waals surface area contributed by atoms with E-state index in [4.69, 9.17) is 10.5 Å². The second-order valence-corrected chi connectivity index (χ2v) is 4.73. The summed E-state index contributed by atoms with van der Waals surface area (Å²) < 4.78 is 5.38. The molecule has 17 heavy (non-hydrogen) atoms. The normalized spacial score (nSPS) is 12.8. The molecule has 3 heteroatoms. The van der Waals surface area contributed by atoms with Crippen LogP contribution in [0.5, 0.6) is 5.75 Å². The van der Waals surface area contributed by atoms with Gasteiger partial charge in [0.2, 0.25) is 0 Å². The standard InChI is InChI=1S/C14H24N2O/c1-5-11-6-7-14(17-4)12(8-11)9-13(15)10-16(2)3/h6-8,13H,5,9-10,15H2,1-4H3. The third-order valence-electron chi connectivity index (χ3n) is 2.83. The molecule has 1 unspecified atom stereocenters. The number of nitrogens with zero attached hydrogens (tertiary/aromatic N) is 1. The molecule has 0 amide bonds. The summed E-state index contributed by atoms with van der Waals surface area (Å²) in [6.45, 7) is 3.05. The van der Waals surface area contributed by atoms with E-state index < -0.39 is 0 Å². The van der Waals surface area contributed by atoms with Gasteiger partial charge in [-0.05, 0) is 44.1 Å². The van der Waals surface area contributed by atoms with Crippen molar-refractivity contribution in [1.82, 2.24) is 4.90 Å². The Hall–Kier alpha value is -1.06. The lowest BCUT2D eigenvalue weighted by molar-refractivity contribution is 0.365. The van der Waals surface area contributed by atoms with Gasteiger partial charge in [-0.1, -0.05) is 19.1 Å². The lowest BCUT2D eigenvalue weighted by Gasteiger charge is -2.18. The SMILES string of the molecule is CCc1ccc(OC)c(CC(N)CN(C)C)c1. The van der Waals surface area contributed by atoms with Gasteiger partial charge < -0.3 is 15.4 Å². The first kappa shape index (κ1) is 14.0. The summed E-state index contributed by atoms with van der Waals surface area (Å²) in [4.78, 5) is 2.11. The van der Waals surface area contributed by atoms with Crippen molar-refractivity contribution in [2.24, 2.45) is 5.73 Å². The Morgan fingerprint density at radius 3 is 2.59 bits per heavy atom. The van der Waals surface area contributed by atoms with Crippen molar-refractivity contribution in [2.75, 3.05) is 27.7 Å². The minimum Gasteiger partial charge on any atom is -0.496 e. The third-order valence-corrected chi connectivity index (χ3v) is 2.83. The fourth-order valence-corrected chi connectivity index (χ4v) is 2.03. The van der Waals surface area contributed by atoms with Crippen LogP contribution >= 0.6 is 0 Å². The van der Waals surface area contributed by atoms with Gasteiger partial charge >= 0.3 is 0 Å². The van der Waals surface area contributed by atoms with Crippen LogP contribution in [0.1, 0.15) is 18.1 Å². The Balaban J connectivity index is 2.80. The van der Waals surface area contributed by atoms with Crippen LogP contribution in [0.25, 0.3) is 0 Å². The van der Waals surface area contributed by atoms with E-state index in [0.717, 1.165) is 25.1 Å². The Labute approximate surface area is 105 Å². The molecule has 1 atom stereocenters. The maximum absolute atomic E-state index is 6.12. The monoisotopic (exact) mass is 236 g/mol. The summed E-state index contributed by atoms with van der Waals surface area (Å²) in [5.74, 6) is 0.941. The Morgan fingerprint density at radius 1 is 1.35 bits per heavy atom. The number of nitrogens with two attached hydrogens (primary N) is 1. The van der Waals surface area contributed by atoms with Gasteiger partial charge in [0.1, 0.15) is 5.75 Å². The zero-order chi connectivity index (χ0) is 12.8. The van der Waals surface area contributed by atoms with E-state index in [2.05, 4.69) is 24.0 Å². The highest BCUT2D eigenvalue weighted by Crippen LogP contribution is 2.21. The van der Waals surface area contributed by atoms with Gasteiger partial charge in [-0.3, -0.25) is 0 Å². The Kier molecular flexibility index (Phi) is 5.45. The molecule has 0 aliphatic carbocycles. The van der Waals surface area contributed by atoms with Crippen molar-refractivity contribution in [3.05, 3.63) is 29.3 Å². The fraction of sp³-hybridized carbons (Fsp3) is 0.571. The molecule has 0 radical (unpaired) electrons. The van der Waals surface area contributed by atoms with Gasteiger partial charge in [0.15, 0.2) is 0 Å². The molecule has 3 nitrogen and oxygen atoms in total. The summed E-state index contributed by atoms with van der Waals surface area (Å²) >= 11 is 0. The van der Waals surface area contributed by atoms with Gasteiger partial charge in [0, 0.05) is 12.6 Å². The smallest absolute Gasteiger partial charge is 0.122 e. The average Bonchev–Trinajstić information content (AvgIpc) is 2.27. The number of aryl methyl sites for hydroxylation is 1. The van der Waals surface area contributed by atoms with Crippen LogP contribution < -0.4 is 10.5 Å². The van der Waals surface area contributed by atoms with E-state index in [1.54, 1.807) is 7.11 Å². The minimum absolute atomic E-state index is 0.144. The van der Waals surface area contributed by atoms with E-state index in [1.807, 2.05) is 20.2 Å². The zero-order valence-electron chi connectivity index (χ0n) is 11.4. The van der Waals surface area contributed by atoms with E-state index in [9.17, 15) is 0 Å². The maximum atomic E-state index is 6.12. The van der Waals surface area contributed by atoms with Gasteiger partial charge in [0.05, 0.1) is 7.11 Å². The average molecular weight is 236 g/mol. The largest absolute Gasteiger partial charge is 0.496 e. The number of methoxy groups -OCH3 is 1. The molecule has 0 bridgehead atoms. The second kappa shape index (κ2) is 6.62. The van der Waals surface area contributed by atoms with Crippen LogP contribution in [-0.2, 0) is 12.8 Å². The highest BCUT2D eigenvalue weighted by molar-refractivity contribution is 5.38. The predicted octanol–water partition coefficient (Wildman–Crippen LogP) is 1.69. The second-order valence-electron chi connectivity index (χ2n) is 4.73. The number of benzene rings is 1. The third kappa shape index (κ3) is 4.36. The molecular formula is C14H24N2O. The Morgan fingerprint density at radius 2 is 2.06 bits per heavy atom. The first-order valence-electron chi connectivity index (χ1n) is 6.13. The van der Waals surface area contributed by atoms with Gasteiger partial charge in [-0.25, -0.2) is 0 Å². The van der Waals surface area contributed by atoms with E-state index in [-0.39, 0.29) is 6.04 Å². The van der Waals surface area contributed by atoms with Crippen molar-refractivity contribution in [3.8, 4) is 5.75 Å². The van der Waals surface area contributed by atoms with Crippen LogP contribution in [0.4, 0.5) is 0 Å². The molecule has 0 heterocycles. The van der Waals surface area contributed by atoms with Crippen molar-refractivity contribution in [1.29, 1.82) is 0 Å². The number of rotatable bonds is 6. The number of ether oxygens (including phenoxy) is 1. The molecule has 1 aromatic rings. The van der Waals surface area contributed by atoms with Gasteiger partial charge in [-0.15, -0.1) is 0 Å². The molecule has 0 aliphatic heterocycles. The molecule has 0 spiro atoms. The molecule has 0 saturated carbocycles. The molecule has 0 fully saturated rings. The molecule has 0 saturated heterocycles. The van der Waals surface area contributed by atoms with Crippen molar-refractivity contribution in [2.45, 2.75) is 25.8 Å². The lowest BCUT2D eigenvalue weighted by Crippen LogP contribution is -2.35. The van der Waals surface area contributed by atoms with Crippen LogP contribution in [0.3, 0.4) is 0 Å². The van der Waals surface area contributed by atoms with Crippen LogP contribution in [-0.4, -0.2) is 38.7 Å². The van der Waals surface area contributed by atoms with E-state index >= 15 is 0 Å². The summed E-state index contributed by atoms with van der Waals surface area (Å²) in [7, 11) is 5.79. The molecule has 1 rings (SSSR count). The van der Waals surface area contributed by atoms with Crippen molar-refractivity contribution >= 4 is 0 Å². The van der Waals surface area contributed by atoms with E-state index in [1.165, 1.54) is 11.1 Å². The van der Waals surface area contributed by atoms with Crippen LogP contribution in [0, 0.1) is 0 Å². The first-order valence-corrected chi connectivity index (χ1v) is 6.13. The predicted molar refractivity (Wildman–Crippen MR) is 72.6 cm³/mol. The van der Waals surface area contributed by atoms with Crippen LogP contribution in [0.2, 0.25) is 0 Å².